The van der Waals surface area contributed by atoms with Crippen LogP contribution < -0.4 is 0 Å². The molecular weight excluding hydrogens is 210 g/mol. The fraction of sp³-hybridized carbons (Fsp3) is 0.267. The predicted molar refractivity (Wildman–Crippen MR) is 69.0 cm³/mol. The molecule has 2 aromatic rings. The first kappa shape index (κ1) is 11.8. The van der Waals surface area contributed by atoms with E-state index in [1.807, 2.05) is 45.0 Å². The van der Waals surface area contributed by atoms with Gasteiger partial charge in [-0.25, -0.2) is 0 Å². The maximum Gasteiger partial charge on any atom is 0.121 e. The molecule has 0 radical (unpaired) electrons. The molecule has 0 fully saturated rings. The smallest absolute Gasteiger partial charge is 0.121 e. The van der Waals surface area contributed by atoms with Gasteiger partial charge in [-0.05, 0) is 44.0 Å². The fourth-order valence-corrected chi connectivity index (χ4v) is 2.05. The number of rotatable bonds is 2. The number of aromatic nitrogens is 1. The summed E-state index contributed by atoms with van der Waals surface area (Å²) in [6.07, 6.45) is 1.09. The highest BCUT2D eigenvalue weighted by molar-refractivity contribution is 5.34. The van der Waals surface area contributed by atoms with Crippen LogP contribution in [-0.4, -0.2) is 10.1 Å². The zero-order valence-corrected chi connectivity index (χ0v) is 10.4. The minimum atomic E-state index is -0.645. The Kier molecular flexibility index (Phi) is 3.25. The second-order valence-electron chi connectivity index (χ2n) is 4.58. The number of aryl methyl sites for hydroxylation is 3. The molecule has 2 rings (SSSR count). The van der Waals surface area contributed by atoms with E-state index in [2.05, 4.69) is 11.1 Å². The lowest BCUT2D eigenvalue weighted by Crippen LogP contribution is -2.03. The van der Waals surface area contributed by atoms with Gasteiger partial charge in [-0.1, -0.05) is 29.3 Å². The minimum absolute atomic E-state index is 0.645. The zero-order chi connectivity index (χ0) is 12.4. The van der Waals surface area contributed by atoms with Gasteiger partial charge in [0.15, 0.2) is 0 Å². The molecule has 0 aliphatic carbocycles. The van der Waals surface area contributed by atoms with Crippen molar-refractivity contribution < 1.29 is 5.11 Å². The van der Waals surface area contributed by atoms with Gasteiger partial charge in [0.05, 0.1) is 5.69 Å². The molecule has 1 N–H and O–H groups in total. The number of aliphatic hydroxyl groups is 1. The van der Waals surface area contributed by atoms with Crippen molar-refractivity contribution in [3.63, 3.8) is 0 Å². The van der Waals surface area contributed by atoms with E-state index in [4.69, 9.17) is 0 Å². The Morgan fingerprint density at radius 1 is 0.941 bits per heavy atom. The molecule has 2 nitrogen and oxygen atoms in total. The Labute approximate surface area is 102 Å². The van der Waals surface area contributed by atoms with Crippen molar-refractivity contribution >= 4 is 0 Å². The van der Waals surface area contributed by atoms with E-state index in [1.54, 1.807) is 6.20 Å². The van der Waals surface area contributed by atoms with E-state index in [9.17, 15) is 5.11 Å². The Balaban J connectivity index is 2.39. The van der Waals surface area contributed by atoms with Crippen molar-refractivity contribution in [2.75, 3.05) is 0 Å². The molecule has 0 spiro atoms. The molecule has 0 saturated heterocycles. The summed E-state index contributed by atoms with van der Waals surface area (Å²) in [4.78, 5) is 4.23. The van der Waals surface area contributed by atoms with Crippen molar-refractivity contribution in [1.29, 1.82) is 0 Å². The number of benzene rings is 1. The van der Waals surface area contributed by atoms with Gasteiger partial charge >= 0.3 is 0 Å². The van der Waals surface area contributed by atoms with E-state index in [0.717, 1.165) is 22.3 Å². The van der Waals surface area contributed by atoms with E-state index in [1.165, 1.54) is 0 Å². The molecule has 1 aromatic carbocycles. The van der Waals surface area contributed by atoms with Crippen LogP contribution in [0.5, 0.6) is 0 Å². The lowest BCUT2D eigenvalue weighted by Gasteiger charge is -2.12. The SMILES string of the molecule is Cc1cc(C)cc(C(O)c2cc(C)ccn2)c1. The predicted octanol–water partition coefficient (Wildman–Crippen LogP) is 3.09. The summed E-state index contributed by atoms with van der Waals surface area (Å²) >= 11 is 0. The Morgan fingerprint density at radius 3 is 2.18 bits per heavy atom. The van der Waals surface area contributed by atoms with Crippen LogP contribution in [0.15, 0.2) is 36.5 Å². The first-order valence-corrected chi connectivity index (χ1v) is 5.75. The first-order valence-electron chi connectivity index (χ1n) is 5.75. The van der Waals surface area contributed by atoms with Gasteiger partial charge in [0.2, 0.25) is 0 Å². The van der Waals surface area contributed by atoms with Crippen LogP contribution in [0, 0.1) is 20.8 Å². The van der Waals surface area contributed by atoms with Crippen LogP contribution in [0.2, 0.25) is 0 Å². The number of aliphatic hydroxyl groups excluding tert-OH is 1. The van der Waals surface area contributed by atoms with Crippen LogP contribution >= 0.6 is 0 Å². The normalized spacial score (nSPS) is 12.5. The van der Waals surface area contributed by atoms with Crippen molar-refractivity contribution in [3.05, 3.63) is 64.5 Å². The highest BCUT2D eigenvalue weighted by atomic mass is 16.3. The summed E-state index contributed by atoms with van der Waals surface area (Å²) in [6.45, 7) is 6.07. The molecule has 0 aliphatic heterocycles. The molecule has 1 atom stereocenters. The standard InChI is InChI=1S/C15H17NO/c1-10-4-5-16-14(9-10)15(17)13-7-11(2)6-12(3)8-13/h4-9,15,17H,1-3H3. The maximum absolute atomic E-state index is 10.3. The van der Waals surface area contributed by atoms with Crippen LogP contribution in [0.25, 0.3) is 0 Å². The summed E-state index contributed by atoms with van der Waals surface area (Å²) in [5, 5.41) is 10.3. The molecule has 2 heteroatoms. The third-order valence-corrected chi connectivity index (χ3v) is 2.78. The highest BCUT2D eigenvalue weighted by Gasteiger charge is 2.12. The third-order valence-electron chi connectivity index (χ3n) is 2.78. The molecule has 0 bridgehead atoms. The number of hydrogen-bond acceptors (Lipinski definition) is 2. The third kappa shape index (κ3) is 2.71. The van der Waals surface area contributed by atoms with Gasteiger partial charge in [-0.15, -0.1) is 0 Å². The van der Waals surface area contributed by atoms with Gasteiger partial charge in [-0.3, -0.25) is 4.98 Å². The Morgan fingerprint density at radius 2 is 1.59 bits per heavy atom. The molecule has 0 amide bonds. The largest absolute Gasteiger partial charge is 0.382 e. The van der Waals surface area contributed by atoms with Crippen LogP contribution in [-0.2, 0) is 0 Å². The topological polar surface area (TPSA) is 33.1 Å². The highest BCUT2D eigenvalue weighted by Crippen LogP contribution is 2.22. The molecule has 1 unspecified atom stereocenters. The van der Waals surface area contributed by atoms with Gasteiger partial charge in [-0.2, -0.15) is 0 Å². The molecule has 17 heavy (non-hydrogen) atoms. The number of nitrogens with zero attached hydrogens (tertiary/aromatic N) is 1. The van der Waals surface area contributed by atoms with E-state index in [-0.39, 0.29) is 0 Å². The molecule has 1 heterocycles. The van der Waals surface area contributed by atoms with Gasteiger partial charge in [0.1, 0.15) is 6.10 Å². The van der Waals surface area contributed by atoms with Crippen molar-refractivity contribution in [2.24, 2.45) is 0 Å². The molecule has 0 aliphatic rings. The summed E-state index contributed by atoms with van der Waals surface area (Å²) in [5.74, 6) is 0. The van der Waals surface area contributed by atoms with Crippen molar-refractivity contribution in [2.45, 2.75) is 26.9 Å². The van der Waals surface area contributed by atoms with Gasteiger partial charge in [0.25, 0.3) is 0 Å². The summed E-state index contributed by atoms with van der Waals surface area (Å²) < 4.78 is 0. The minimum Gasteiger partial charge on any atom is -0.382 e. The van der Waals surface area contributed by atoms with Crippen molar-refractivity contribution in [3.8, 4) is 0 Å². The van der Waals surface area contributed by atoms with E-state index < -0.39 is 6.10 Å². The lowest BCUT2D eigenvalue weighted by molar-refractivity contribution is 0.215. The monoisotopic (exact) mass is 227 g/mol. The van der Waals surface area contributed by atoms with Crippen LogP contribution in [0.3, 0.4) is 0 Å². The number of hydrogen-bond donors (Lipinski definition) is 1. The first-order chi connectivity index (χ1) is 8.06. The summed E-state index contributed by atoms with van der Waals surface area (Å²) in [7, 11) is 0. The van der Waals surface area contributed by atoms with Gasteiger partial charge < -0.3 is 5.11 Å². The molecule has 1 aromatic heterocycles. The zero-order valence-electron chi connectivity index (χ0n) is 10.4. The average Bonchev–Trinajstić information content (AvgIpc) is 2.26. The van der Waals surface area contributed by atoms with Crippen molar-refractivity contribution in [1.82, 2.24) is 4.98 Å². The second-order valence-corrected chi connectivity index (χ2v) is 4.58. The molecule has 0 saturated carbocycles. The number of pyridine rings is 1. The quantitative estimate of drug-likeness (QED) is 0.855. The van der Waals surface area contributed by atoms with E-state index >= 15 is 0 Å². The van der Waals surface area contributed by atoms with Gasteiger partial charge in [0, 0.05) is 6.20 Å². The Bertz CT molecular complexity index is 514. The van der Waals surface area contributed by atoms with Crippen LogP contribution in [0.4, 0.5) is 0 Å². The Hall–Kier alpha value is -1.67. The summed E-state index contributed by atoms with van der Waals surface area (Å²) in [5.41, 5.74) is 5.03. The second kappa shape index (κ2) is 4.68. The lowest BCUT2D eigenvalue weighted by atomic mass is 10.0. The van der Waals surface area contributed by atoms with E-state index in [0.29, 0.717) is 5.69 Å². The average molecular weight is 227 g/mol. The molecular formula is C15H17NO. The molecule has 88 valence electrons. The fourth-order valence-electron chi connectivity index (χ4n) is 2.05. The van der Waals surface area contributed by atoms with Crippen LogP contribution in [0.1, 0.15) is 34.1 Å². The maximum atomic E-state index is 10.3. The summed E-state index contributed by atoms with van der Waals surface area (Å²) in [6, 6.07) is 9.95.